The Hall–Kier alpha value is -2.23. The summed E-state index contributed by atoms with van der Waals surface area (Å²) in [6.45, 7) is 17.9. The van der Waals surface area contributed by atoms with E-state index in [1.807, 2.05) is 13.8 Å². The lowest BCUT2D eigenvalue weighted by atomic mass is 9.89. The summed E-state index contributed by atoms with van der Waals surface area (Å²) in [5.74, 6) is 0.412. The summed E-state index contributed by atoms with van der Waals surface area (Å²) in [6, 6.07) is 15.1. The van der Waals surface area contributed by atoms with Crippen molar-refractivity contribution < 1.29 is 10.2 Å². The normalized spacial score (nSPS) is 11.0. The molecular formula is C28H41NO2. The minimum Gasteiger partial charge on any atom is -0.396 e. The molecule has 0 aliphatic carbocycles. The fraction of sp³-hybridized carbons (Fsp3) is 0.464. The van der Waals surface area contributed by atoms with E-state index < -0.39 is 5.60 Å². The first kappa shape index (κ1) is 26.8. The van der Waals surface area contributed by atoms with E-state index >= 15 is 0 Å². The minimum absolute atomic E-state index is 0.155. The van der Waals surface area contributed by atoms with Gasteiger partial charge in [0.1, 0.15) is 0 Å². The Morgan fingerprint density at radius 2 is 1.48 bits per heavy atom. The molecule has 0 saturated carbocycles. The lowest BCUT2D eigenvalue weighted by Crippen LogP contribution is -2.10. The number of hydrogen-bond donors (Lipinski definition) is 2. The highest BCUT2D eigenvalue weighted by atomic mass is 16.3. The van der Waals surface area contributed by atoms with Gasteiger partial charge in [0.05, 0.1) is 11.1 Å². The number of aryl methyl sites for hydroxylation is 2. The first-order valence-corrected chi connectivity index (χ1v) is 11.3. The predicted molar refractivity (Wildman–Crippen MR) is 135 cm³/mol. The first-order chi connectivity index (χ1) is 14.5. The maximum atomic E-state index is 9.53. The molecule has 0 radical (unpaired) electrons. The number of benzene rings is 2. The van der Waals surface area contributed by atoms with Gasteiger partial charge < -0.3 is 10.2 Å². The fourth-order valence-corrected chi connectivity index (χ4v) is 3.27. The Morgan fingerprint density at radius 3 is 1.97 bits per heavy atom. The van der Waals surface area contributed by atoms with E-state index in [2.05, 4.69) is 70.2 Å². The number of hydrogen-bond acceptors (Lipinski definition) is 3. The molecule has 0 saturated heterocycles. The molecule has 3 heteroatoms. The van der Waals surface area contributed by atoms with Gasteiger partial charge in [-0.05, 0) is 81.3 Å². The van der Waals surface area contributed by atoms with E-state index in [0.29, 0.717) is 12.3 Å². The van der Waals surface area contributed by atoms with Gasteiger partial charge in [0.2, 0.25) is 0 Å². The van der Waals surface area contributed by atoms with Gasteiger partial charge in [-0.2, -0.15) is 0 Å². The molecule has 0 fully saturated rings. The summed E-state index contributed by atoms with van der Waals surface area (Å²) < 4.78 is 0. The van der Waals surface area contributed by atoms with Gasteiger partial charge in [-0.15, -0.1) is 0 Å². The quantitative estimate of drug-likeness (QED) is 0.476. The summed E-state index contributed by atoms with van der Waals surface area (Å²) in [5.41, 5.74) is 7.72. The Labute approximate surface area is 189 Å². The molecule has 0 spiro atoms. The molecule has 2 N–H and O–H groups in total. The molecule has 3 nitrogen and oxygen atoms in total. The van der Waals surface area contributed by atoms with E-state index in [0.717, 1.165) is 16.6 Å². The van der Waals surface area contributed by atoms with E-state index in [1.165, 1.54) is 27.8 Å². The van der Waals surface area contributed by atoms with E-state index in [-0.39, 0.29) is 6.61 Å². The molecule has 0 atom stereocenters. The second kappa shape index (κ2) is 12.0. The van der Waals surface area contributed by atoms with Crippen LogP contribution >= 0.6 is 0 Å². The van der Waals surface area contributed by atoms with Gasteiger partial charge in [-0.25, -0.2) is 0 Å². The zero-order valence-corrected chi connectivity index (χ0v) is 20.9. The SMILES string of the molecule is CC.CC(C)(C)O.Cc1ccc(-c2c(CCO)c(C)cc3nc(C(C)C)ccc23)cc1. The molecule has 0 unspecified atom stereocenters. The minimum atomic E-state index is -0.500. The predicted octanol–water partition coefficient (Wildman–Crippen LogP) is 6.98. The molecular weight excluding hydrogens is 382 g/mol. The van der Waals surface area contributed by atoms with Crippen molar-refractivity contribution in [3.05, 3.63) is 64.8 Å². The first-order valence-electron chi connectivity index (χ1n) is 11.3. The highest BCUT2D eigenvalue weighted by Gasteiger charge is 2.14. The van der Waals surface area contributed by atoms with Gasteiger partial charge in [0, 0.05) is 17.7 Å². The van der Waals surface area contributed by atoms with Crippen LogP contribution in [0.4, 0.5) is 0 Å². The summed E-state index contributed by atoms with van der Waals surface area (Å²) >= 11 is 0. The van der Waals surface area contributed by atoms with Gasteiger partial charge in [0.15, 0.2) is 0 Å². The number of aliphatic hydroxyl groups excluding tert-OH is 1. The highest BCUT2D eigenvalue weighted by Crippen LogP contribution is 2.35. The van der Waals surface area contributed by atoms with Gasteiger partial charge in [-0.1, -0.05) is 63.6 Å². The van der Waals surface area contributed by atoms with Crippen LogP contribution in [0.5, 0.6) is 0 Å². The number of fused-ring (bicyclic) bond motifs is 1. The maximum absolute atomic E-state index is 9.53. The number of pyridine rings is 1. The fourth-order valence-electron chi connectivity index (χ4n) is 3.27. The number of rotatable bonds is 4. The average molecular weight is 424 g/mol. The smallest absolute Gasteiger partial charge is 0.0714 e. The Balaban J connectivity index is 0.000000605. The van der Waals surface area contributed by atoms with Crippen molar-refractivity contribution in [3.63, 3.8) is 0 Å². The third kappa shape index (κ3) is 8.08. The lowest BCUT2D eigenvalue weighted by molar-refractivity contribution is 0.102. The monoisotopic (exact) mass is 423 g/mol. The third-order valence-electron chi connectivity index (χ3n) is 4.64. The maximum Gasteiger partial charge on any atom is 0.0714 e. The Morgan fingerprint density at radius 1 is 0.935 bits per heavy atom. The van der Waals surface area contributed by atoms with E-state index in [9.17, 15) is 5.11 Å². The Kier molecular flexibility index (Phi) is 10.4. The average Bonchev–Trinajstić information content (AvgIpc) is 2.69. The van der Waals surface area contributed by atoms with Crippen molar-refractivity contribution in [1.29, 1.82) is 0 Å². The number of nitrogens with zero attached hydrogens (tertiary/aromatic N) is 1. The van der Waals surface area contributed by atoms with Crippen LogP contribution in [-0.4, -0.2) is 27.4 Å². The number of aliphatic hydroxyl groups is 2. The van der Waals surface area contributed by atoms with Crippen molar-refractivity contribution in [3.8, 4) is 11.1 Å². The molecule has 2 aromatic carbocycles. The molecule has 3 rings (SSSR count). The van der Waals surface area contributed by atoms with Gasteiger partial charge in [-0.3, -0.25) is 4.98 Å². The Bertz CT molecular complexity index is 945. The second-order valence-corrected chi connectivity index (χ2v) is 9.01. The van der Waals surface area contributed by atoms with Crippen LogP contribution in [0.15, 0.2) is 42.5 Å². The molecule has 3 aromatic rings. The largest absolute Gasteiger partial charge is 0.396 e. The lowest BCUT2D eigenvalue weighted by Gasteiger charge is -2.17. The van der Waals surface area contributed by atoms with Crippen molar-refractivity contribution in [1.82, 2.24) is 4.98 Å². The van der Waals surface area contributed by atoms with Crippen LogP contribution in [0.2, 0.25) is 0 Å². The zero-order chi connectivity index (χ0) is 23.8. The van der Waals surface area contributed by atoms with Crippen LogP contribution in [0, 0.1) is 13.8 Å². The molecule has 0 aliphatic heterocycles. The summed E-state index contributed by atoms with van der Waals surface area (Å²) in [5, 5.41) is 19.2. The summed E-state index contributed by atoms with van der Waals surface area (Å²) in [4.78, 5) is 4.88. The van der Waals surface area contributed by atoms with Crippen LogP contribution < -0.4 is 0 Å². The van der Waals surface area contributed by atoms with Crippen LogP contribution in [0.1, 0.15) is 76.8 Å². The van der Waals surface area contributed by atoms with Crippen molar-refractivity contribution >= 4 is 10.9 Å². The molecule has 0 bridgehead atoms. The molecule has 170 valence electrons. The van der Waals surface area contributed by atoms with Crippen molar-refractivity contribution in [2.45, 2.75) is 80.3 Å². The van der Waals surface area contributed by atoms with Crippen LogP contribution in [0.3, 0.4) is 0 Å². The summed E-state index contributed by atoms with van der Waals surface area (Å²) in [7, 11) is 0. The topological polar surface area (TPSA) is 53.4 Å². The molecule has 0 amide bonds. The molecule has 1 aromatic heterocycles. The van der Waals surface area contributed by atoms with Gasteiger partial charge in [0.25, 0.3) is 0 Å². The third-order valence-corrected chi connectivity index (χ3v) is 4.64. The summed E-state index contributed by atoms with van der Waals surface area (Å²) in [6.07, 6.45) is 0.664. The standard InChI is InChI=1S/C22H25NO.C4H10O.C2H6/c1-14(2)20-10-9-19-21(23-20)13-16(4)18(11-12-24)22(19)17-7-5-15(3)6-8-17;1-4(2,3)5;1-2/h5-10,13-14,24H,11-12H2,1-4H3;5H,1-3H3;1-2H3. The molecule has 0 aliphatic rings. The van der Waals surface area contributed by atoms with E-state index in [4.69, 9.17) is 10.1 Å². The van der Waals surface area contributed by atoms with Crippen LogP contribution in [0.25, 0.3) is 22.0 Å². The van der Waals surface area contributed by atoms with Gasteiger partial charge >= 0.3 is 0 Å². The highest BCUT2D eigenvalue weighted by molar-refractivity contribution is 5.97. The van der Waals surface area contributed by atoms with E-state index in [1.54, 1.807) is 20.8 Å². The number of aromatic nitrogens is 1. The zero-order valence-electron chi connectivity index (χ0n) is 20.9. The van der Waals surface area contributed by atoms with Crippen LogP contribution in [-0.2, 0) is 6.42 Å². The van der Waals surface area contributed by atoms with Crippen molar-refractivity contribution in [2.24, 2.45) is 0 Å². The second-order valence-electron chi connectivity index (χ2n) is 9.01. The molecule has 1 heterocycles. The van der Waals surface area contributed by atoms with Crippen molar-refractivity contribution in [2.75, 3.05) is 6.61 Å². The molecule has 31 heavy (non-hydrogen) atoms.